The highest BCUT2D eigenvalue weighted by Crippen LogP contribution is 2.20. The van der Waals surface area contributed by atoms with Crippen LogP contribution in [0.15, 0.2) is 23.2 Å². The highest BCUT2D eigenvalue weighted by atomic mass is 127. The minimum Gasteiger partial charge on any atom is -0.507 e. The van der Waals surface area contributed by atoms with Crippen molar-refractivity contribution in [2.75, 3.05) is 0 Å². The number of nitrogens with two attached hydrogens (primary N) is 2. The fourth-order valence-corrected chi connectivity index (χ4v) is 1.41. The molecule has 0 unspecified atom stereocenters. The minimum absolute atomic E-state index is 0.0723. The second-order valence-corrected chi connectivity index (χ2v) is 3.69. The smallest absolute Gasteiger partial charge is 0.186 e. The standard InChI is InChI=1S/C8H10IN3O/c9-6-3-5(1-2-7(6)13)4-12-8(10)11/h1-3,13H,4H2,(H4,10,11,12). The third-order valence-electron chi connectivity index (χ3n) is 1.46. The number of nitrogens with zero attached hydrogens (tertiary/aromatic N) is 1. The molecule has 0 atom stereocenters. The van der Waals surface area contributed by atoms with E-state index in [1.807, 2.05) is 28.7 Å². The molecule has 5 N–H and O–H groups in total. The number of rotatable bonds is 2. The first-order chi connectivity index (χ1) is 6.09. The quantitative estimate of drug-likeness (QED) is 0.427. The molecular formula is C8H10IN3O. The van der Waals surface area contributed by atoms with E-state index in [4.69, 9.17) is 11.5 Å². The number of hydrogen-bond donors (Lipinski definition) is 3. The molecular weight excluding hydrogens is 281 g/mol. The number of phenols is 1. The van der Waals surface area contributed by atoms with Gasteiger partial charge in [-0.25, -0.2) is 4.99 Å². The normalized spacial score (nSPS) is 9.62. The van der Waals surface area contributed by atoms with Crippen molar-refractivity contribution in [3.05, 3.63) is 27.3 Å². The first-order valence-electron chi connectivity index (χ1n) is 3.62. The molecule has 13 heavy (non-hydrogen) atoms. The van der Waals surface area contributed by atoms with Crippen molar-refractivity contribution in [1.29, 1.82) is 0 Å². The summed E-state index contributed by atoms with van der Waals surface area (Å²) < 4.78 is 0.792. The topological polar surface area (TPSA) is 84.6 Å². The molecule has 0 radical (unpaired) electrons. The average molecular weight is 291 g/mol. The molecule has 1 rings (SSSR count). The Morgan fingerprint density at radius 2 is 2.15 bits per heavy atom. The van der Waals surface area contributed by atoms with Crippen LogP contribution in [0.5, 0.6) is 5.75 Å². The van der Waals surface area contributed by atoms with Crippen LogP contribution in [0.3, 0.4) is 0 Å². The van der Waals surface area contributed by atoms with Gasteiger partial charge in [0.2, 0.25) is 0 Å². The number of phenolic OH excluding ortho intramolecular Hbond substituents is 1. The lowest BCUT2D eigenvalue weighted by Crippen LogP contribution is -2.22. The molecule has 0 bridgehead atoms. The van der Waals surface area contributed by atoms with Gasteiger partial charge in [-0.3, -0.25) is 0 Å². The Hall–Kier alpha value is -0.980. The number of benzene rings is 1. The van der Waals surface area contributed by atoms with Gasteiger partial charge in [-0.2, -0.15) is 0 Å². The first kappa shape index (κ1) is 10.1. The molecule has 0 aliphatic heterocycles. The van der Waals surface area contributed by atoms with Crippen LogP contribution in [-0.2, 0) is 6.54 Å². The Bertz CT molecular complexity index is 334. The molecule has 0 amide bonds. The minimum atomic E-state index is 0.0723. The molecule has 0 heterocycles. The van der Waals surface area contributed by atoms with E-state index in [9.17, 15) is 5.11 Å². The van der Waals surface area contributed by atoms with Crippen LogP contribution >= 0.6 is 22.6 Å². The van der Waals surface area contributed by atoms with Gasteiger partial charge in [0.15, 0.2) is 5.96 Å². The summed E-state index contributed by atoms with van der Waals surface area (Å²) in [5.41, 5.74) is 11.3. The zero-order valence-electron chi connectivity index (χ0n) is 6.87. The monoisotopic (exact) mass is 291 g/mol. The molecule has 0 aliphatic rings. The summed E-state index contributed by atoms with van der Waals surface area (Å²) >= 11 is 2.05. The van der Waals surface area contributed by atoms with Crippen LogP contribution < -0.4 is 11.5 Å². The maximum atomic E-state index is 9.23. The highest BCUT2D eigenvalue weighted by molar-refractivity contribution is 14.1. The molecule has 0 spiro atoms. The predicted octanol–water partition coefficient (Wildman–Crippen LogP) is 0.770. The fraction of sp³-hybridized carbons (Fsp3) is 0.125. The van der Waals surface area contributed by atoms with Gasteiger partial charge in [-0.15, -0.1) is 0 Å². The lowest BCUT2D eigenvalue weighted by molar-refractivity contribution is 0.471. The van der Waals surface area contributed by atoms with E-state index in [0.29, 0.717) is 6.54 Å². The Morgan fingerprint density at radius 3 is 2.69 bits per heavy atom. The molecule has 4 nitrogen and oxygen atoms in total. The molecule has 70 valence electrons. The van der Waals surface area contributed by atoms with Gasteiger partial charge in [0.1, 0.15) is 5.75 Å². The van der Waals surface area contributed by atoms with Gasteiger partial charge >= 0.3 is 0 Å². The lowest BCUT2D eigenvalue weighted by atomic mass is 10.2. The summed E-state index contributed by atoms with van der Waals surface area (Å²) in [6.07, 6.45) is 0. The number of aliphatic imine (C=N–C) groups is 1. The second kappa shape index (κ2) is 4.31. The summed E-state index contributed by atoms with van der Waals surface area (Å²) in [6.45, 7) is 0.443. The Balaban J connectivity index is 2.80. The second-order valence-electron chi connectivity index (χ2n) is 2.53. The summed E-state index contributed by atoms with van der Waals surface area (Å²) in [5.74, 6) is 0.345. The Kier molecular flexibility index (Phi) is 3.35. The average Bonchev–Trinajstić information content (AvgIpc) is 2.07. The predicted molar refractivity (Wildman–Crippen MR) is 60.3 cm³/mol. The number of guanidine groups is 1. The third kappa shape index (κ3) is 3.10. The zero-order valence-corrected chi connectivity index (χ0v) is 9.02. The van der Waals surface area contributed by atoms with Crippen molar-refractivity contribution in [1.82, 2.24) is 0 Å². The van der Waals surface area contributed by atoms with Gasteiger partial charge in [0.25, 0.3) is 0 Å². The SMILES string of the molecule is NC(N)=NCc1ccc(O)c(I)c1. The van der Waals surface area contributed by atoms with Crippen LogP contribution in [0, 0.1) is 3.57 Å². The van der Waals surface area contributed by atoms with Crippen LogP contribution in [0.1, 0.15) is 5.56 Å². The maximum Gasteiger partial charge on any atom is 0.186 e. The summed E-state index contributed by atoms with van der Waals surface area (Å²) in [7, 11) is 0. The van der Waals surface area contributed by atoms with E-state index in [1.54, 1.807) is 12.1 Å². The van der Waals surface area contributed by atoms with E-state index < -0.39 is 0 Å². The van der Waals surface area contributed by atoms with Crippen LogP contribution in [0.4, 0.5) is 0 Å². The van der Waals surface area contributed by atoms with Crippen molar-refractivity contribution < 1.29 is 5.11 Å². The van der Waals surface area contributed by atoms with E-state index in [-0.39, 0.29) is 11.7 Å². The van der Waals surface area contributed by atoms with Gasteiger partial charge in [0, 0.05) is 0 Å². The fourth-order valence-electron chi connectivity index (χ4n) is 0.831. The number of aromatic hydroxyl groups is 1. The molecule has 0 fully saturated rings. The molecule has 0 saturated carbocycles. The van der Waals surface area contributed by atoms with E-state index >= 15 is 0 Å². The molecule has 0 aromatic heterocycles. The zero-order chi connectivity index (χ0) is 9.84. The molecule has 0 saturated heterocycles. The van der Waals surface area contributed by atoms with Gasteiger partial charge in [-0.05, 0) is 40.3 Å². The van der Waals surface area contributed by atoms with Crippen LogP contribution in [-0.4, -0.2) is 11.1 Å². The van der Waals surface area contributed by atoms with Gasteiger partial charge in [0.05, 0.1) is 10.1 Å². The van der Waals surface area contributed by atoms with Crippen molar-refractivity contribution in [3.63, 3.8) is 0 Å². The van der Waals surface area contributed by atoms with Gasteiger partial charge < -0.3 is 16.6 Å². The number of halogens is 1. The molecule has 1 aromatic carbocycles. The molecule has 1 aromatic rings. The van der Waals surface area contributed by atoms with Gasteiger partial charge in [-0.1, -0.05) is 6.07 Å². The van der Waals surface area contributed by atoms with Crippen LogP contribution in [0.25, 0.3) is 0 Å². The Morgan fingerprint density at radius 1 is 1.46 bits per heavy atom. The number of hydrogen-bond acceptors (Lipinski definition) is 2. The van der Waals surface area contributed by atoms with Crippen molar-refractivity contribution >= 4 is 28.6 Å². The third-order valence-corrected chi connectivity index (χ3v) is 2.32. The van der Waals surface area contributed by atoms with Crippen molar-refractivity contribution in [2.24, 2.45) is 16.5 Å². The van der Waals surface area contributed by atoms with Crippen molar-refractivity contribution in [2.45, 2.75) is 6.54 Å². The molecule has 5 heteroatoms. The largest absolute Gasteiger partial charge is 0.507 e. The van der Waals surface area contributed by atoms with Crippen LogP contribution in [0.2, 0.25) is 0 Å². The first-order valence-corrected chi connectivity index (χ1v) is 4.70. The van der Waals surface area contributed by atoms with E-state index in [1.165, 1.54) is 0 Å². The van der Waals surface area contributed by atoms with E-state index in [0.717, 1.165) is 9.13 Å². The van der Waals surface area contributed by atoms with E-state index in [2.05, 4.69) is 4.99 Å². The molecule has 0 aliphatic carbocycles. The Labute approximate surface area is 89.8 Å². The maximum absolute atomic E-state index is 9.23. The summed E-state index contributed by atoms with van der Waals surface area (Å²) in [5, 5.41) is 9.23. The highest BCUT2D eigenvalue weighted by Gasteiger charge is 1.98. The lowest BCUT2D eigenvalue weighted by Gasteiger charge is -2.00. The summed E-state index contributed by atoms with van der Waals surface area (Å²) in [4.78, 5) is 3.85. The van der Waals surface area contributed by atoms with Crippen molar-refractivity contribution in [3.8, 4) is 5.75 Å². The summed E-state index contributed by atoms with van der Waals surface area (Å²) in [6, 6.07) is 5.24.